The number of hydrogen-bond acceptors (Lipinski definition) is 4. The lowest BCUT2D eigenvalue weighted by Crippen LogP contribution is -2.28. The molecule has 0 radical (unpaired) electrons. The number of rotatable bonds is 3. The van der Waals surface area contributed by atoms with Gasteiger partial charge in [0.25, 0.3) is 15.9 Å². The van der Waals surface area contributed by atoms with Crippen LogP contribution >= 0.6 is 0 Å². The van der Waals surface area contributed by atoms with Crippen molar-refractivity contribution in [3.63, 3.8) is 0 Å². The monoisotopic (exact) mass is 324 g/mol. The quantitative estimate of drug-likeness (QED) is 0.791. The molecule has 7 heteroatoms. The highest BCUT2D eigenvalue weighted by Gasteiger charge is 2.36. The Hall–Kier alpha value is -1.60. The summed E-state index contributed by atoms with van der Waals surface area (Å²) in [6.07, 6.45) is 7.61. The topological polar surface area (TPSA) is 70.8 Å². The van der Waals surface area contributed by atoms with E-state index in [2.05, 4.69) is 12.2 Å². The second kappa shape index (κ2) is 5.55. The van der Waals surface area contributed by atoms with E-state index < -0.39 is 10.0 Å². The standard InChI is InChI=1S/C15H20N2O4S/c1-16(2)22(19,20)14-7-13(10-21-14)15(18)17-8-11-5-3-4-6-12(11)9-17/h3-4,7,10-12H,5-6,8-9H2,1-2H3. The van der Waals surface area contributed by atoms with Crippen molar-refractivity contribution in [3.8, 4) is 0 Å². The number of carbonyl (C=O) groups excluding carboxylic acids is 1. The van der Waals surface area contributed by atoms with Gasteiger partial charge in [-0.1, -0.05) is 12.2 Å². The maximum atomic E-state index is 12.5. The maximum Gasteiger partial charge on any atom is 0.275 e. The van der Waals surface area contributed by atoms with Gasteiger partial charge in [0.1, 0.15) is 6.26 Å². The summed E-state index contributed by atoms with van der Waals surface area (Å²) in [5.41, 5.74) is 0.298. The molecule has 2 atom stereocenters. The van der Waals surface area contributed by atoms with Gasteiger partial charge in [0.15, 0.2) is 0 Å². The molecule has 1 amide bonds. The lowest BCUT2D eigenvalue weighted by molar-refractivity contribution is 0.0783. The zero-order chi connectivity index (χ0) is 15.9. The van der Waals surface area contributed by atoms with Crippen LogP contribution in [0.25, 0.3) is 0 Å². The van der Waals surface area contributed by atoms with Gasteiger partial charge in [-0.15, -0.1) is 0 Å². The molecule has 1 aliphatic carbocycles. The lowest BCUT2D eigenvalue weighted by atomic mass is 9.86. The van der Waals surface area contributed by atoms with Gasteiger partial charge in [-0.25, -0.2) is 12.7 Å². The van der Waals surface area contributed by atoms with Gasteiger partial charge in [0, 0.05) is 33.3 Å². The Balaban J connectivity index is 1.76. The van der Waals surface area contributed by atoms with Gasteiger partial charge in [-0.2, -0.15) is 0 Å². The van der Waals surface area contributed by atoms with E-state index in [-0.39, 0.29) is 11.0 Å². The largest absolute Gasteiger partial charge is 0.451 e. The first-order valence-electron chi connectivity index (χ1n) is 7.35. The smallest absolute Gasteiger partial charge is 0.275 e. The van der Waals surface area contributed by atoms with Crippen LogP contribution in [0, 0.1) is 11.8 Å². The highest BCUT2D eigenvalue weighted by Crippen LogP contribution is 2.33. The molecule has 120 valence electrons. The maximum absolute atomic E-state index is 12.5. The minimum absolute atomic E-state index is 0.154. The molecule has 0 bridgehead atoms. The molecule has 0 spiro atoms. The first-order chi connectivity index (χ1) is 10.4. The van der Waals surface area contributed by atoms with Gasteiger partial charge in [-0.05, 0) is 24.7 Å². The van der Waals surface area contributed by atoms with Gasteiger partial charge in [0.2, 0.25) is 5.09 Å². The number of furan rings is 1. The summed E-state index contributed by atoms with van der Waals surface area (Å²) in [5.74, 6) is 0.884. The van der Waals surface area contributed by atoms with E-state index in [1.54, 1.807) is 4.90 Å². The van der Waals surface area contributed by atoms with Crippen LogP contribution in [0.2, 0.25) is 0 Å². The van der Waals surface area contributed by atoms with Crippen molar-refractivity contribution in [1.82, 2.24) is 9.21 Å². The van der Waals surface area contributed by atoms with Crippen LogP contribution in [-0.4, -0.2) is 50.7 Å². The van der Waals surface area contributed by atoms with E-state index in [4.69, 9.17) is 4.42 Å². The highest BCUT2D eigenvalue weighted by molar-refractivity contribution is 7.88. The van der Waals surface area contributed by atoms with Crippen molar-refractivity contribution in [2.75, 3.05) is 27.2 Å². The van der Waals surface area contributed by atoms with Crippen molar-refractivity contribution in [3.05, 3.63) is 30.0 Å². The number of hydrogen-bond donors (Lipinski definition) is 0. The molecule has 2 heterocycles. The third kappa shape index (κ3) is 2.59. The average Bonchev–Trinajstić information content (AvgIpc) is 3.13. The lowest BCUT2D eigenvalue weighted by Gasteiger charge is -2.17. The molecule has 1 saturated heterocycles. The number of carbonyl (C=O) groups is 1. The summed E-state index contributed by atoms with van der Waals surface area (Å²) in [4.78, 5) is 14.3. The molecule has 1 aromatic heterocycles. The fraction of sp³-hybridized carbons (Fsp3) is 0.533. The molecule has 6 nitrogen and oxygen atoms in total. The second-order valence-corrected chi connectivity index (χ2v) is 8.20. The van der Waals surface area contributed by atoms with Crippen LogP contribution in [0.15, 0.2) is 34.0 Å². The fourth-order valence-corrected chi connectivity index (χ4v) is 3.91. The van der Waals surface area contributed by atoms with Crippen LogP contribution in [0.1, 0.15) is 23.2 Å². The van der Waals surface area contributed by atoms with Crippen molar-refractivity contribution < 1.29 is 17.6 Å². The third-order valence-corrected chi connectivity index (χ3v) is 6.15. The second-order valence-electron chi connectivity index (χ2n) is 6.11. The summed E-state index contributed by atoms with van der Waals surface area (Å²) in [7, 11) is -0.792. The molecular formula is C15H20N2O4S. The number of nitrogens with zero attached hydrogens (tertiary/aromatic N) is 2. The Kier molecular flexibility index (Phi) is 3.86. The molecule has 1 aliphatic heterocycles. The summed E-state index contributed by atoms with van der Waals surface area (Å²) >= 11 is 0. The zero-order valence-corrected chi connectivity index (χ0v) is 13.5. The van der Waals surface area contributed by atoms with Gasteiger partial charge >= 0.3 is 0 Å². The fourth-order valence-electron chi connectivity index (χ4n) is 3.11. The minimum atomic E-state index is -3.65. The highest BCUT2D eigenvalue weighted by atomic mass is 32.2. The summed E-state index contributed by atoms with van der Waals surface area (Å²) in [5, 5.41) is -0.195. The Morgan fingerprint density at radius 2 is 1.82 bits per heavy atom. The van der Waals surface area contributed by atoms with Gasteiger partial charge in [-0.3, -0.25) is 4.79 Å². The molecule has 2 aliphatic rings. The zero-order valence-electron chi connectivity index (χ0n) is 12.7. The first-order valence-corrected chi connectivity index (χ1v) is 8.79. The van der Waals surface area contributed by atoms with Crippen LogP contribution in [0.4, 0.5) is 0 Å². The molecule has 1 fully saturated rings. The Bertz CT molecular complexity index is 689. The van der Waals surface area contributed by atoms with Gasteiger partial charge < -0.3 is 9.32 Å². The summed E-state index contributed by atoms with van der Waals surface area (Å²) in [6.45, 7) is 1.46. The van der Waals surface area contributed by atoms with E-state index in [1.165, 1.54) is 26.4 Å². The molecule has 3 rings (SSSR count). The van der Waals surface area contributed by atoms with E-state index in [0.29, 0.717) is 17.4 Å². The molecular weight excluding hydrogens is 304 g/mol. The van der Waals surface area contributed by atoms with Crippen molar-refractivity contribution >= 4 is 15.9 Å². The van der Waals surface area contributed by atoms with Gasteiger partial charge in [0.05, 0.1) is 5.56 Å². The van der Waals surface area contributed by atoms with E-state index in [0.717, 1.165) is 30.2 Å². The number of allylic oxidation sites excluding steroid dienone is 2. The van der Waals surface area contributed by atoms with Crippen LogP contribution in [-0.2, 0) is 10.0 Å². The predicted octanol–water partition coefficient (Wildman–Crippen LogP) is 1.57. The van der Waals surface area contributed by atoms with E-state index in [9.17, 15) is 13.2 Å². The Morgan fingerprint density at radius 3 is 2.36 bits per heavy atom. The molecule has 2 unspecified atom stereocenters. The molecule has 1 aromatic rings. The predicted molar refractivity (Wildman–Crippen MR) is 80.8 cm³/mol. The normalized spacial score (nSPS) is 24.8. The number of fused-ring (bicyclic) bond motifs is 1. The van der Waals surface area contributed by atoms with E-state index in [1.807, 2.05) is 0 Å². The number of amides is 1. The Morgan fingerprint density at radius 1 is 1.23 bits per heavy atom. The third-order valence-electron chi connectivity index (χ3n) is 4.47. The van der Waals surface area contributed by atoms with E-state index >= 15 is 0 Å². The summed E-state index contributed by atoms with van der Waals surface area (Å²) < 4.78 is 30.2. The first kappa shape index (κ1) is 15.3. The number of sulfonamides is 1. The Labute approximate surface area is 130 Å². The van der Waals surface area contributed by atoms with Crippen molar-refractivity contribution in [1.29, 1.82) is 0 Å². The molecule has 0 N–H and O–H groups in total. The van der Waals surface area contributed by atoms with Crippen molar-refractivity contribution in [2.45, 2.75) is 17.9 Å². The molecule has 0 aromatic carbocycles. The SMILES string of the molecule is CN(C)S(=O)(=O)c1cc(C(=O)N2CC3CC=CCC3C2)co1. The van der Waals surface area contributed by atoms with Crippen LogP contribution in [0.5, 0.6) is 0 Å². The molecule has 22 heavy (non-hydrogen) atoms. The minimum Gasteiger partial charge on any atom is -0.451 e. The van der Waals surface area contributed by atoms with Crippen LogP contribution < -0.4 is 0 Å². The molecule has 0 saturated carbocycles. The average molecular weight is 324 g/mol. The van der Waals surface area contributed by atoms with Crippen LogP contribution in [0.3, 0.4) is 0 Å². The summed E-state index contributed by atoms with van der Waals surface area (Å²) in [6, 6.07) is 1.32. The number of likely N-dealkylation sites (tertiary alicyclic amines) is 1. The van der Waals surface area contributed by atoms with Crippen molar-refractivity contribution in [2.24, 2.45) is 11.8 Å².